The number of hydrogen-bond acceptors (Lipinski definition) is 1. The van der Waals surface area contributed by atoms with Gasteiger partial charge in [0.1, 0.15) is 5.82 Å². The molecule has 0 spiro atoms. The smallest absolute Gasteiger partial charge is 0.131 e. The third-order valence-electron chi connectivity index (χ3n) is 4.33. The molecule has 0 saturated carbocycles. The third-order valence-corrected chi connectivity index (χ3v) is 4.33. The van der Waals surface area contributed by atoms with Gasteiger partial charge in [-0.3, -0.25) is 0 Å². The van der Waals surface area contributed by atoms with Crippen molar-refractivity contribution in [3.8, 4) is 11.1 Å². The fourth-order valence-corrected chi connectivity index (χ4v) is 3.33. The monoisotopic (exact) mass is 342 g/mol. The molecule has 0 unspecified atom stereocenters. The van der Waals surface area contributed by atoms with Crippen molar-refractivity contribution in [2.24, 2.45) is 11.3 Å². The molecule has 2 aromatic rings. The molecule has 0 aromatic heterocycles. The maximum atomic E-state index is 14.5. The van der Waals surface area contributed by atoms with Crippen LogP contribution in [0.3, 0.4) is 0 Å². The summed E-state index contributed by atoms with van der Waals surface area (Å²) in [6.45, 7) is 13.6. The lowest BCUT2D eigenvalue weighted by Gasteiger charge is -2.33. The van der Waals surface area contributed by atoms with Crippen LogP contribution in [0.25, 0.3) is 11.1 Å². The van der Waals surface area contributed by atoms with Crippen molar-refractivity contribution >= 4 is 0 Å². The van der Waals surface area contributed by atoms with E-state index in [0.29, 0.717) is 18.1 Å². The molecule has 1 atom stereocenters. The highest BCUT2D eigenvalue weighted by molar-refractivity contribution is 5.69. The van der Waals surface area contributed by atoms with Crippen LogP contribution in [0.15, 0.2) is 42.5 Å². The van der Waals surface area contributed by atoms with E-state index in [1.807, 2.05) is 19.1 Å². The van der Waals surface area contributed by atoms with Gasteiger partial charge in [-0.25, -0.2) is 4.39 Å². The lowest BCUT2D eigenvalue weighted by Crippen LogP contribution is -2.22. The van der Waals surface area contributed by atoms with Gasteiger partial charge in [0.15, 0.2) is 0 Å². The van der Waals surface area contributed by atoms with E-state index in [2.05, 4.69) is 52.8 Å². The zero-order chi connectivity index (χ0) is 18.6. The van der Waals surface area contributed by atoms with Gasteiger partial charge in [-0.05, 0) is 47.4 Å². The first-order valence-electron chi connectivity index (χ1n) is 9.23. The second-order valence-electron chi connectivity index (χ2n) is 8.20. The average molecular weight is 342 g/mol. The quantitative estimate of drug-likeness (QED) is 0.560. The molecule has 2 aromatic carbocycles. The molecule has 0 fully saturated rings. The van der Waals surface area contributed by atoms with Crippen LogP contribution in [-0.2, 0) is 11.2 Å². The van der Waals surface area contributed by atoms with Gasteiger partial charge in [0.2, 0.25) is 0 Å². The van der Waals surface area contributed by atoms with Crippen LogP contribution in [0.2, 0.25) is 0 Å². The minimum atomic E-state index is -0.190. The number of rotatable bonds is 6. The fraction of sp³-hybridized carbons (Fsp3) is 0.478. The Morgan fingerprint density at radius 1 is 1.00 bits per heavy atom. The Bertz CT molecular complexity index is 697. The topological polar surface area (TPSA) is 9.23 Å². The van der Waals surface area contributed by atoms with Crippen LogP contribution in [0.5, 0.6) is 0 Å². The van der Waals surface area contributed by atoms with E-state index in [1.165, 1.54) is 11.6 Å². The predicted octanol–water partition coefficient (Wildman–Crippen LogP) is 6.81. The molecule has 1 nitrogen and oxygen atoms in total. The van der Waals surface area contributed by atoms with E-state index in [9.17, 15) is 4.39 Å². The van der Waals surface area contributed by atoms with Crippen molar-refractivity contribution in [1.29, 1.82) is 0 Å². The van der Waals surface area contributed by atoms with Gasteiger partial charge in [0.25, 0.3) is 0 Å². The van der Waals surface area contributed by atoms with Crippen LogP contribution in [0.1, 0.15) is 58.8 Å². The highest BCUT2D eigenvalue weighted by atomic mass is 19.1. The molecule has 136 valence electrons. The second kappa shape index (κ2) is 8.14. The first-order valence-corrected chi connectivity index (χ1v) is 9.23. The molecule has 0 saturated heterocycles. The molecule has 25 heavy (non-hydrogen) atoms. The van der Waals surface area contributed by atoms with Crippen LogP contribution in [0.4, 0.5) is 4.39 Å². The van der Waals surface area contributed by atoms with Crippen molar-refractivity contribution in [2.75, 3.05) is 6.61 Å². The summed E-state index contributed by atoms with van der Waals surface area (Å²) in [6, 6.07) is 13.4. The molecule has 0 N–H and O–H groups in total. The Kier molecular flexibility index (Phi) is 6.40. The minimum Gasteiger partial charge on any atom is -0.373 e. The fourth-order valence-electron chi connectivity index (χ4n) is 3.33. The van der Waals surface area contributed by atoms with Crippen molar-refractivity contribution in [3.05, 3.63) is 59.4 Å². The first-order chi connectivity index (χ1) is 11.7. The van der Waals surface area contributed by atoms with Crippen molar-refractivity contribution in [3.63, 3.8) is 0 Å². The Morgan fingerprint density at radius 3 is 2.24 bits per heavy atom. The van der Waals surface area contributed by atoms with Gasteiger partial charge in [-0.2, -0.15) is 0 Å². The lowest BCUT2D eigenvalue weighted by atomic mass is 9.80. The standard InChI is InChI=1S/C23H31FO/c1-7-25-22(23(4,5)6)20-15-17(14-16(2)3)12-13-18(20)19-10-8-9-11-21(19)24/h8-13,15-16,22H,7,14H2,1-6H3/t22-/m1/s1. The zero-order valence-corrected chi connectivity index (χ0v) is 16.4. The summed E-state index contributed by atoms with van der Waals surface area (Å²) in [7, 11) is 0. The Hall–Kier alpha value is -1.67. The molecule has 0 aliphatic heterocycles. The van der Waals surface area contributed by atoms with E-state index >= 15 is 0 Å². The van der Waals surface area contributed by atoms with Crippen LogP contribution < -0.4 is 0 Å². The third kappa shape index (κ3) is 4.92. The molecule has 0 amide bonds. The normalized spacial score (nSPS) is 13.3. The molecule has 0 aliphatic rings. The summed E-state index contributed by atoms with van der Waals surface area (Å²) in [6.07, 6.45) is 0.923. The SMILES string of the molecule is CCO[C@H](c1cc(CC(C)C)ccc1-c1ccccc1F)C(C)(C)C. The highest BCUT2D eigenvalue weighted by Gasteiger charge is 2.29. The number of benzene rings is 2. The Balaban J connectivity index is 2.64. The molecule has 0 heterocycles. The number of halogens is 1. The molecule has 0 aliphatic carbocycles. The number of hydrogen-bond donors (Lipinski definition) is 0. The zero-order valence-electron chi connectivity index (χ0n) is 16.4. The largest absolute Gasteiger partial charge is 0.373 e. The molecular weight excluding hydrogens is 311 g/mol. The Labute approximate surface area is 152 Å². The van der Waals surface area contributed by atoms with Gasteiger partial charge in [0, 0.05) is 12.2 Å². The van der Waals surface area contributed by atoms with Crippen molar-refractivity contribution in [2.45, 2.75) is 54.1 Å². The van der Waals surface area contributed by atoms with Crippen molar-refractivity contribution in [1.82, 2.24) is 0 Å². The summed E-state index contributed by atoms with van der Waals surface area (Å²) >= 11 is 0. The minimum absolute atomic E-state index is 0.0769. The maximum absolute atomic E-state index is 14.5. The number of ether oxygens (including phenoxy) is 1. The van der Waals surface area contributed by atoms with Crippen molar-refractivity contribution < 1.29 is 9.13 Å². The van der Waals surface area contributed by atoms with E-state index < -0.39 is 0 Å². The lowest BCUT2D eigenvalue weighted by molar-refractivity contribution is -0.0129. The second-order valence-corrected chi connectivity index (χ2v) is 8.20. The van der Waals surface area contributed by atoms with E-state index in [4.69, 9.17) is 4.74 Å². The predicted molar refractivity (Wildman–Crippen MR) is 104 cm³/mol. The molecule has 2 heteroatoms. The van der Waals surface area contributed by atoms with E-state index in [-0.39, 0.29) is 17.3 Å². The summed E-state index contributed by atoms with van der Waals surface area (Å²) in [4.78, 5) is 0. The average Bonchev–Trinajstić information content (AvgIpc) is 2.52. The first kappa shape index (κ1) is 19.7. The summed E-state index contributed by atoms with van der Waals surface area (Å²) in [5.41, 5.74) is 3.85. The van der Waals surface area contributed by atoms with Gasteiger partial charge in [0.05, 0.1) is 6.10 Å². The van der Waals surface area contributed by atoms with Gasteiger partial charge in [-0.1, -0.05) is 71.0 Å². The highest BCUT2D eigenvalue weighted by Crippen LogP contribution is 2.41. The Morgan fingerprint density at radius 2 is 1.68 bits per heavy atom. The molecule has 0 bridgehead atoms. The van der Waals surface area contributed by atoms with Crippen LogP contribution in [0, 0.1) is 17.2 Å². The van der Waals surface area contributed by atoms with Gasteiger partial charge >= 0.3 is 0 Å². The van der Waals surface area contributed by atoms with Crippen LogP contribution in [-0.4, -0.2) is 6.61 Å². The maximum Gasteiger partial charge on any atom is 0.131 e. The molecule has 0 radical (unpaired) electrons. The molecular formula is C23H31FO. The van der Waals surface area contributed by atoms with E-state index in [0.717, 1.165) is 17.5 Å². The van der Waals surface area contributed by atoms with Gasteiger partial charge in [-0.15, -0.1) is 0 Å². The van der Waals surface area contributed by atoms with Crippen LogP contribution >= 0.6 is 0 Å². The molecule has 2 rings (SSSR count). The summed E-state index contributed by atoms with van der Waals surface area (Å²) < 4.78 is 20.6. The summed E-state index contributed by atoms with van der Waals surface area (Å²) in [5.74, 6) is 0.386. The van der Waals surface area contributed by atoms with Gasteiger partial charge < -0.3 is 4.74 Å². The summed E-state index contributed by atoms with van der Waals surface area (Å²) in [5, 5.41) is 0. The van der Waals surface area contributed by atoms with E-state index in [1.54, 1.807) is 6.07 Å².